The van der Waals surface area contributed by atoms with Gasteiger partial charge >= 0.3 is 0 Å². The van der Waals surface area contributed by atoms with Crippen molar-refractivity contribution >= 4 is 23.4 Å². The van der Waals surface area contributed by atoms with E-state index in [9.17, 15) is 0 Å². The fraction of sp³-hybridized carbons (Fsp3) is 0.636. The fourth-order valence-electron chi connectivity index (χ4n) is 2.05. The summed E-state index contributed by atoms with van der Waals surface area (Å²) in [5, 5.41) is 0.592. The van der Waals surface area contributed by atoms with E-state index < -0.39 is 0 Å². The lowest BCUT2D eigenvalue weighted by Gasteiger charge is -2.26. The molecule has 2 N–H and O–H groups in total. The molecule has 0 aliphatic carbocycles. The molecule has 16 heavy (non-hydrogen) atoms. The van der Waals surface area contributed by atoms with Gasteiger partial charge in [-0.3, -0.25) is 0 Å². The summed E-state index contributed by atoms with van der Waals surface area (Å²) in [7, 11) is 0. The molecule has 0 amide bonds. The third-order valence-electron chi connectivity index (χ3n) is 2.90. The van der Waals surface area contributed by atoms with Crippen LogP contribution in [0.3, 0.4) is 0 Å². The number of halogens is 1. The van der Waals surface area contributed by atoms with Crippen LogP contribution in [0.15, 0.2) is 6.20 Å². The van der Waals surface area contributed by atoms with Crippen molar-refractivity contribution in [3.8, 4) is 0 Å². The maximum Gasteiger partial charge on any atom is 0.222 e. The van der Waals surface area contributed by atoms with Gasteiger partial charge in [-0.2, -0.15) is 4.98 Å². The number of nitrogens with zero attached hydrogens (tertiary/aromatic N) is 3. The minimum Gasteiger partial charge on any atom is -0.368 e. The Morgan fingerprint density at radius 3 is 2.44 bits per heavy atom. The molecule has 0 bridgehead atoms. The van der Waals surface area contributed by atoms with E-state index in [1.165, 1.54) is 32.1 Å². The first-order valence-electron chi connectivity index (χ1n) is 5.80. The summed E-state index contributed by atoms with van der Waals surface area (Å²) in [5.41, 5.74) is 5.60. The van der Waals surface area contributed by atoms with Crippen molar-refractivity contribution in [2.24, 2.45) is 0 Å². The second kappa shape index (κ2) is 5.34. The van der Waals surface area contributed by atoms with Gasteiger partial charge in [-0.15, -0.1) is 0 Å². The molecule has 1 fully saturated rings. The molecule has 1 saturated heterocycles. The number of nitrogens with two attached hydrogens (primary N) is 1. The molecule has 1 aliphatic rings. The van der Waals surface area contributed by atoms with Gasteiger partial charge in [0.25, 0.3) is 0 Å². The molecule has 0 saturated carbocycles. The smallest absolute Gasteiger partial charge is 0.222 e. The normalized spacial score (nSPS) is 17.9. The molecule has 0 atom stereocenters. The SMILES string of the molecule is Nc1ncc(Cl)c(N2CCCCCCC2)n1. The van der Waals surface area contributed by atoms with Crippen molar-refractivity contribution < 1.29 is 0 Å². The zero-order valence-corrected chi connectivity index (χ0v) is 10.1. The minimum absolute atomic E-state index is 0.293. The van der Waals surface area contributed by atoms with E-state index in [0.29, 0.717) is 11.0 Å². The maximum absolute atomic E-state index is 6.10. The van der Waals surface area contributed by atoms with Gasteiger partial charge in [-0.1, -0.05) is 30.9 Å². The van der Waals surface area contributed by atoms with Gasteiger partial charge in [0, 0.05) is 13.1 Å². The van der Waals surface area contributed by atoms with Crippen molar-refractivity contribution in [2.45, 2.75) is 32.1 Å². The third-order valence-corrected chi connectivity index (χ3v) is 3.17. The molecule has 0 spiro atoms. The lowest BCUT2D eigenvalue weighted by molar-refractivity contribution is 0.554. The van der Waals surface area contributed by atoms with E-state index in [0.717, 1.165) is 18.9 Å². The van der Waals surface area contributed by atoms with Gasteiger partial charge < -0.3 is 10.6 Å². The molecular weight excluding hydrogens is 224 g/mol. The van der Waals surface area contributed by atoms with Gasteiger partial charge in [-0.05, 0) is 12.8 Å². The van der Waals surface area contributed by atoms with Crippen molar-refractivity contribution in [3.05, 3.63) is 11.2 Å². The average molecular weight is 241 g/mol. The molecule has 88 valence electrons. The highest BCUT2D eigenvalue weighted by Gasteiger charge is 2.14. The Kier molecular flexibility index (Phi) is 3.83. The summed E-state index contributed by atoms with van der Waals surface area (Å²) in [6.07, 6.45) is 7.88. The predicted molar refractivity (Wildman–Crippen MR) is 66.8 cm³/mol. The van der Waals surface area contributed by atoms with E-state index in [1.807, 2.05) is 0 Å². The quantitative estimate of drug-likeness (QED) is 0.820. The standard InChI is InChI=1S/C11H17ClN4/c12-9-8-14-11(13)15-10(9)16-6-4-2-1-3-5-7-16/h8H,1-7H2,(H2,13,14,15). The first kappa shape index (κ1) is 11.5. The summed E-state index contributed by atoms with van der Waals surface area (Å²) in [6, 6.07) is 0. The molecule has 0 aromatic carbocycles. The van der Waals surface area contributed by atoms with E-state index in [-0.39, 0.29) is 0 Å². The highest BCUT2D eigenvalue weighted by atomic mass is 35.5. The summed E-state index contributed by atoms with van der Waals surface area (Å²) in [4.78, 5) is 10.3. The minimum atomic E-state index is 0.293. The van der Waals surface area contributed by atoms with Crippen LogP contribution >= 0.6 is 11.6 Å². The zero-order chi connectivity index (χ0) is 11.4. The van der Waals surface area contributed by atoms with Crippen LogP contribution < -0.4 is 10.6 Å². The first-order valence-corrected chi connectivity index (χ1v) is 6.18. The number of rotatable bonds is 1. The van der Waals surface area contributed by atoms with Crippen molar-refractivity contribution in [3.63, 3.8) is 0 Å². The Morgan fingerprint density at radius 2 is 1.75 bits per heavy atom. The lowest BCUT2D eigenvalue weighted by Crippen LogP contribution is -2.28. The Hall–Kier alpha value is -1.03. The van der Waals surface area contributed by atoms with E-state index in [4.69, 9.17) is 17.3 Å². The Bertz CT molecular complexity index is 348. The number of anilines is 2. The Balaban J connectivity index is 2.16. The van der Waals surface area contributed by atoms with Crippen LogP contribution in [0.5, 0.6) is 0 Å². The van der Waals surface area contributed by atoms with Crippen molar-refractivity contribution in [1.82, 2.24) is 9.97 Å². The zero-order valence-electron chi connectivity index (χ0n) is 9.32. The van der Waals surface area contributed by atoms with E-state index in [1.54, 1.807) is 6.20 Å². The molecule has 5 heteroatoms. The molecule has 4 nitrogen and oxygen atoms in total. The van der Waals surface area contributed by atoms with Gasteiger partial charge in [0.2, 0.25) is 5.95 Å². The summed E-state index contributed by atoms with van der Waals surface area (Å²) < 4.78 is 0. The number of nitrogen functional groups attached to an aromatic ring is 1. The monoisotopic (exact) mass is 240 g/mol. The molecule has 2 rings (SSSR count). The second-order valence-corrected chi connectivity index (χ2v) is 4.56. The molecule has 1 aliphatic heterocycles. The average Bonchev–Trinajstić information content (AvgIpc) is 2.22. The van der Waals surface area contributed by atoms with Crippen LogP contribution in [-0.4, -0.2) is 23.1 Å². The highest BCUT2D eigenvalue weighted by molar-refractivity contribution is 6.32. The number of hydrogen-bond donors (Lipinski definition) is 1. The van der Waals surface area contributed by atoms with Crippen LogP contribution in [-0.2, 0) is 0 Å². The fourth-order valence-corrected chi connectivity index (χ4v) is 2.26. The van der Waals surface area contributed by atoms with E-state index >= 15 is 0 Å². The van der Waals surface area contributed by atoms with Gasteiger partial charge in [0.1, 0.15) is 5.02 Å². The van der Waals surface area contributed by atoms with Crippen LogP contribution in [0.25, 0.3) is 0 Å². The maximum atomic E-state index is 6.10. The molecule has 2 heterocycles. The van der Waals surface area contributed by atoms with Gasteiger partial charge in [-0.25, -0.2) is 4.98 Å². The van der Waals surface area contributed by atoms with Crippen LogP contribution in [0.1, 0.15) is 32.1 Å². The molecule has 0 unspecified atom stereocenters. The molecular formula is C11H17ClN4. The predicted octanol–water partition coefficient (Wildman–Crippen LogP) is 2.48. The van der Waals surface area contributed by atoms with Gasteiger partial charge in [0.15, 0.2) is 5.82 Å². The number of aromatic nitrogens is 2. The largest absolute Gasteiger partial charge is 0.368 e. The lowest BCUT2D eigenvalue weighted by atomic mass is 10.1. The molecule has 0 radical (unpaired) electrons. The van der Waals surface area contributed by atoms with Crippen molar-refractivity contribution in [1.29, 1.82) is 0 Å². The summed E-state index contributed by atoms with van der Waals surface area (Å²) >= 11 is 6.10. The van der Waals surface area contributed by atoms with E-state index in [2.05, 4.69) is 14.9 Å². The number of hydrogen-bond acceptors (Lipinski definition) is 4. The molecule has 1 aromatic heterocycles. The first-order chi connectivity index (χ1) is 7.77. The third kappa shape index (κ3) is 2.76. The van der Waals surface area contributed by atoms with Crippen molar-refractivity contribution in [2.75, 3.05) is 23.7 Å². The van der Waals surface area contributed by atoms with Gasteiger partial charge in [0.05, 0.1) is 6.20 Å². The Labute approximate surface area is 101 Å². The second-order valence-electron chi connectivity index (χ2n) is 4.15. The van der Waals surface area contributed by atoms with Crippen LogP contribution in [0, 0.1) is 0 Å². The van der Waals surface area contributed by atoms with Crippen LogP contribution in [0.2, 0.25) is 5.02 Å². The Morgan fingerprint density at radius 1 is 1.12 bits per heavy atom. The summed E-state index contributed by atoms with van der Waals surface area (Å²) in [6.45, 7) is 2.02. The highest BCUT2D eigenvalue weighted by Crippen LogP contribution is 2.25. The summed E-state index contributed by atoms with van der Waals surface area (Å²) in [5.74, 6) is 1.08. The topological polar surface area (TPSA) is 55.0 Å². The van der Waals surface area contributed by atoms with Crippen LogP contribution in [0.4, 0.5) is 11.8 Å². The molecule has 1 aromatic rings.